The van der Waals surface area contributed by atoms with Crippen molar-refractivity contribution in [1.82, 2.24) is 0 Å². The molecule has 2 nitrogen and oxygen atoms in total. The number of ether oxygens (including phenoxy) is 1. The summed E-state index contributed by atoms with van der Waals surface area (Å²) >= 11 is 0. The molecule has 0 bridgehead atoms. The van der Waals surface area contributed by atoms with Crippen LogP contribution in [0.25, 0.3) is 0 Å². The number of carbonyl (C=O) groups is 1. The Kier molecular flexibility index (Phi) is 3.89. The van der Waals surface area contributed by atoms with Gasteiger partial charge in [0.05, 0.1) is 12.7 Å². The van der Waals surface area contributed by atoms with E-state index in [2.05, 4.69) is 20.8 Å². The predicted molar refractivity (Wildman–Crippen MR) is 61.3 cm³/mol. The number of hydrogen-bond donors (Lipinski definition) is 0. The lowest BCUT2D eigenvalue weighted by Gasteiger charge is -2.11. The van der Waals surface area contributed by atoms with E-state index >= 15 is 0 Å². The molecule has 0 heterocycles. The molecule has 0 aliphatic rings. The number of aryl methyl sites for hydroxylation is 2. The Balaban J connectivity index is 3.26. The van der Waals surface area contributed by atoms with Crippen LogP contribution in [-0.4, -0.2) is 13.1 Å². The summed E-state index contributed by atoms with van der Waals surface area (Å²) in [6, 6.07) is 3.86. The highest BCUT2D eigenvalue weighted by atomic mass is 16.5. The van der Waals surface area contributed by atoms with Gasteiger partial charge in [0.15, 0.2) is 0 Å². The highest BCUT2D eigenvalue weighted by molar-refractivity contribution is 5.90. The van der Waals surface area contributed by atoms with Gasteiger partial charge in [0.1, 0.15) is 0 Å². The molecule has 0 saturated heterocycles. The summed E-state index contributed by atoms with van der Waals surface area (Å²) in [6.45, 7) is 6.31. The zero-order chi connectivity index (χ0) is 11.4. The first-order chi connectivity index (χ1) is 7.13. The molecule has 0 N–H and O–H groups in total. The molecule has 0 atom stereocenters. The summed E-state index contributed by atoms with van der Waals surface area (Å²) in [4.78, 5) is 11.4. The Bertz CT molecular complexity index is 342. The Morgan fingerprint density at radius 3 is 2.00 bits per heavy atom. The summed E-state index contributed by atoms with van der Waals surface area (Å²) in [5.74, 6) is -0.251. The Morgan fingerprint density at radius 1 is 1.20 bits per heavy atom. The Labute approximate surface area is 91.3 Å². The molecule has 1 aromatic carbocycles. The first kappa shape index (κ1) is 11.8. The van der Waals surface area contributed by atoms with E-state index in [1.54, 1.807) is 0 Å². The van der Waals surface area contributed by atoms with Crippen molar-refractivity contribution in [2.75, 3.05) is 7.11 Å². The summed E-state index contributed by atoms with van der Waals surface area (Å²) in [6.07, 6.45) is 1.90. The number of benzene rings is 1. The minimum atomic E-state index is -0.251. The van der Waals surface area contributed by atoms with Crippen molar-refractivity contribution in [3.63, 3.8) is 0 Å². The lowest BCUT2D eigenvalue weighted by Crippen LogP contribution is -2.05. The molecule has 2 heteroatoms. The van der Waals surface area contributed by atoms with Crippen molar-refractivity contribution in [1.29, 1.82) is 0 Å². The molecule has 0 aromatic heterocycles. The second-order valence-corrected chi connectivity index (χ2v) is 3.62. The van der Waals surface area contributed by atoms with Crippen LogP contribution in [0.4, 0.5) is 0 Å². The fraction of sp³-hybridized carbons (Fsp3) is 0.462. The maximum Gasteiger partial charge on any atom is 0.337 e. The van der Waals surface area contributed by atoms with Crippen molar-refractivity contribution in [2.45, 2.75) is 33.6 Å². The topological polar surface area (TPSA) is 26.3 Å². The van der Waals surface area contributed by atoms with E-state index in [1.165, 1.54) is 23.8 Å². The molecule has 0 fully saturated rings. The average Bonchev–Trinajstić information content (AvgIpc) is 2.28. The summed E-state index contributed by atoms with van der Waals surface area (Å²) in [5, 5.41) is 0. The zero-order valence-corrected chi connectivity index (χ0v) is 9.89. The minimum absolute atomic E-state index is 0.251. The van der Waals surface area contributed by atoms with Gasteiger partial charge in [0, 0.05) is 0 Å². The third kappa shape index (κ3) is 2.38. The first-order valence-electron chi connectivity index (χ1n) is 5.34. The molecule has 0 amide bonds. The molecule has 0 aliphatic heterocycles. The van der Waals surface area contributed by atoms with Crippen LogP contribution in [0.3, 0.4) is 0 Å². The van der Waals surface area contributed by atoms with Gasteiger partial charge in [-0.1, -0.05) is 13.8 Å². The van der Waals surface area contributed by atoms with Gasteiger partial charge < -0.3 is 4.74 Å². The monoisotopic (exact) mass is 206 g/mol. The quantitative estimate of drug-likeness (QED) is 0.711. The normalized spacial score (nSPS) is 10.1. The van der Waals surface area contributed by atoms with Crippen LogP contribution in [-0.2, 0) is 17.6 Å². The summed E-state index contributed by atoms with van der Waals surface area (Å²) in [7, 11) is 1.42. The van der Waals surface area contributed by atoms with Gasteiger partial charge in [0.25, 0.3) is 0 Å². The SMILES string of the molecule is CCc1cc(C(=O)OC)cc(CC)c1C. The van der Waals surface area contributed by atoms with Gasteiger partial charge in [0.2, 0.25) is 0 Å². The highest BCUT2D eigenvalue weighted by Gasteiger charge is 2.10. The molecular weight excluding hydrogens is 188 g/mol. The number of hydrogen-bond acceptors (Lipinski definition) is 2. The molecular formula is C13H18O2. The van der Waals surface area contributed by atoms with E-state index < -0.39 is 0 Å². The van der Waals surface area contributed by atoms with Gasteiger partial charge in [-0.05, 0) is 48.6 Å². The summed E-state index contributed by atoms with van der Waals surface area (Å²) < 4.78 is 4.74. The van der Waals surface area contributed by atoms with Crippen molar-refractivity contribution < 1.29 is 9.53 Å². The average molecular weight is 206 g/mol. The van der Waals surface area contributed by atoms with Crippen LogP contribution in [0, 0.1) is 6.92 Å². The van der Waals surface area contributed by atoms with E-state index in [4.69, 9.17) is 4.74 Å². The van der Waals surface area contributed by atoms with Crippen LogP contribution in [0.15, 0.2) is 12.1 Å². The van der Waals surface area contributed by atoms with E-state index in [9.17, 15) is 4.79 Å². The fourth-order valence-corrected chi connectivity index (χ4v) is 1.81. The number of methoxy groups -OCH3 is 1. The third-order valence-corrected chi connectivity index (χ3v) is 2.81. The van der Waals surface area contributed by atoms with Crippen molar-refractivity contribution in [2.24, 2.45) is 0 Å². The lowest BCUT2D eigenvalue weighted by molar-refractivity contribution is 0.0600. The molecule has 1 aromatic rings. The lowest BCUT2D eigenvalue weighted by atomic mass is 9.96. The van der Waals surface area contributed by atoms with Gasteiger partial charge in [-0.3, -0.25) is 0 Å². The minimum Gasteiger partial charge on any atom is -0.465 e. The number of esters is 1. The van der Waals surface area contributed by atoms with Crippen molar-refractivity contribution in [3.05, 3.63) is 34.4 Å². The van der Waals surface area contributed by atoms with E-state index in [1.807, 2.05) is 12.1 Å². The molecule has 82 valence electrons. The zero-order valence-electron chi connectivity index (χ0n) is 9.89. The highest BCUT2D eigenvalue weighted by Crippen LogP contribution is 2.18. The van der Waals surface area contributed by atoms with Gasteiger partial charge in [-0.25, -0.2) is 4.79 Å². The number of carbonyl (C=O) groups excluding carboxylic acids is 1. The molecule has 0 spiro atoms. The van der Waals surface area contributed by atoms with Gasteiger partial charge in [-0.15, -0.1) is 0 Å². The number of rotatable bonds is 3. The van der Waals surface area contributed by atoms with Gasteiger partial charge in [-0.2, -0.15) is 0 Å². The van der Waals surface area contributed by atoms with Crippen LogP contribution < -0.4 is 0 Å². The second-order valence-electron chi connectivity index (χ2n) is 3.62. The molecule has 0 saturated carbocycles. The third-order valence-electron chi connectivity index (χ3n) is 2.81. The van der Waals surface area contributed by atoms with Crippen LogP contribution in [0.1, 0.15) is 40.9 Å². The van der Waals surface area contributed by atoms with E-state index in [0.29, 0.717) is 5.56 Å². The van der Waals surface area contributed by atoms with E-state index in [-0.39, 0.29) is 5.97 Å². The Hall–Kier alpha value is -1.31. The molecule has 0 aliphatic carbocycles. The van der Waals surface area contributed by atoms with Gasteiger partial charge >= 0.3 is 5.97 Å². The van der Waals surface area contributed by atoms with Crippen molar-refractivity contribution >= 4 is 5.97 Å². The second kappa shape index (κ2) is 4.96. The molecule has 0 unspecified atom stereocenters. The largest absolute Gasteiger partial charge is 0.465 e. The first-order valence-corrected chi connectivity index (χ1v) is 5.34. The maximum atomic E-state index is 11.4. The van der Waals surface area contributed by atoms with E-state index in [0.717, 1.165) is 12.8 Å². The van der Waals surface area contributed by atoms with Crippen LogP contribution in [0.5, 0.6) is 0 Å². The van der Waals surface area contributed by atoms with Crippen molar-refractivity contribution in [3.8, 4) is 0 Å². The summed E-state index contributed by atoms with van der Waals surface area (Å²) in [5.41, 5.74) is 4.42. The Morgan fingerprint density at radius 2 is 1.67 bits per heavy atom. The molecule has 0 radical (unpaired) electrons. The standard InChI is InChI=1S/C13H18O2/c1-5-10-7-12(13(14)15-4)8-11(6-2)9(10)3/h7-8H,5-6H2,1-4H3. The van der Waals surface area contributed by atoms with Crippen LogP contribution >= 0.6 is 0 Å². The predicted octanol–water partition coefficient (Wildman–Crippen LogP) is 2.91. The van der Waals surface area contributed by atoms with Crippen LogP contribution in [0.2, 0.25) is 0 Å². The molecule has 15 heavy (non-hydrogen) atoms. The molecule has 1 rings (SSSR count). The maximum absolute atomic E-state index is 11.4. The fourth-order valence-electron chi connectivity index (χ4n) is 1.81. The smallest absolute Gasteiger partial charge is 0.337 e.